The van der Waals surface area contributed by atoms with Crippen molar-refractivity contribution in [2.75, 3.05) is 7.11 Å². The average molecular weight is 184 g/mol. The summed E-state index contributed by atoms with van der Waals surface area (Å²) >= 11 is 0. The van der Waals surface area contributed by atoms with Crippen molar-refractivity contribution < 1.29 is 9.53 Å². The van der Waals surface area contributed by atoms with E-state index in [1.54, 1.807) is 0 Å². The molecule has 0 aromatic rings. The van der Waals surface area contributed by atoms with Gasteiger partial charge in [-0.2, -0.15) is 0 Å². The lowest BCUT2D eigenvalue weighted by atomic mass is 10.4. The van der Waals surface area contributed by atoms with Gasteiger partial charge in [0.05, 0.1) is 13.3 Å². The Kier molecular flexibility index (Phi) is 7.39. The fraction of sp³-hybridized carbons (Fsp3) is 0.800. The number of amides is 1. The van der Waals surface area contributed by atoms with Crippen LogP contribution in [0, 0.1) is 0 Å². The van der Waals surface area contributed by atoms with Gasteiger partial charge in [-0.3, -0.25) is 0 Å². The maximum Gasteiger partial charge on any atom is 0.425 e. The third-order valence-electron chi connectivity index (χ3n) is 1.16. The smallest absolute Gasteiger partial charge is 0.425 e. The number of carbonyl (C=O) groups excluding carboxylic acids is 1. The van der Waals surface area contributed by atoms with Gasteiger partial charge >= 0.3 is 6.09 Å². The summed E-state index contributed by atoms with van der Waals surface area (Å²) in [5.74, 6) is 5.22. The van der Waals surface area contributed by atoms with Crippen LogP contribution in [0.3, 0.4) is 0 Å². The molecule has 0 unspecified atom stereocenters. The topological polar surface area (TPSA) is 81.6 Å². The van der Waals surface area contributed by atoms with Crippen LogP contribution in [0.1, 0.15) is 13.3 Å². The first-order valence-electron chi connectivity index (χ1n) is 3.01. The standard InChI is InChI=1S/C5H13N3O2.ClH/c1-3-4(6)8(7)5(9)10-2;/h4H,3,6-7H2,1-2H3;1H/t4-;/m0./s1. The van der Waals surface area contributed by atoms with Gasteiger partial charge in [0.2, 0.25) is 0 Å². The Hall–Kier alpha value is -0.520. The second-order valence-corrected chi connectivity index (χ2v) is 1.85. The molecule has 0 saturated heterocycles. The molecule has 0 aliphatic rings. The SMILES string of the molecule is CC[C@@H](N)N(N)C(=O)OC.Cl. The number of hydrazine groups is 1. The highest BCUT2D eigenvalue weighted by molar-refractivity contribution is 5.85. The van der Waals surface area contributed by atoms with Crippen LogP contribution in [0.15, 0.2) is 0 Å². The number of carbonyl (C=O) groups is 1. The summed E-state index contributed by atoms with van der Waals surface area (Å²) in [7, 11) is 1.25. The fourth-order valence-electron chi connectivity index (χ4n) is 0.437. The van der Waals surface area contributed by atoms with Gasteiger partial charge in [0.15, 0.2) is 0 Å². The number of hydrogen-bond acceptors (Lipinski definition) is 4. The molecular weight excluding hydrogens is 170 g/mol. The van der Waals surface area contributed by atoms with Crippen LogP contribution in [-0.2, 0) is 4.74 Å². The molecule has 1 atom stereocenters. The van der Waals surface area contributed by atoms with Gasteiger partial charge in [-0.15, -0.1) is 12.4 Å². The van der Waals surface area contributed by atoms with Gasteiger partial charge in [0.1, 0.15) is 0 Å². The number of hydrogen-bond donors (Lipinski definition) is 2. The third kappa shape index (κ3) is 4.02. The maximum absolute atomic E-state index is 10.6. The van der Waals surface area contributed by atoms with Crippen LogP contribution < -0.4 is 11.6 Å². The van der Waals surface area contributed by atoms with Gasteiger partial charge in [-0.1, -0.05) is 6.92 Å². The van der Waals surface area contributed by atoms with Crippen molar-refractivity contribution in [2.45, 2.75) is 19.5 Å². The van der Waals surface area contributed by atoms with Crippen LogP contribution in [0.5, 0.6) is 0 Å². The van der Waals surface area contributed by atoms with Crippen molar-refractivity contribution in [3.8, 4) is 0 Å². The number of halogens is 1. The minimum absolute atomic E-state index is 0. The molecule has 11 heavy (non-hydrogen) atoms. The summed E-state index contributed by atoms with van der Waals surface area (Å²) in [6, 6.07) is 0. The second kappa shape index (κ2) is 6.21. The first kappa shape index (κ1) is 13.1. The van der Waals surface area contributed by atoms with Crippen molar-refractivity contribution in [1.29, 1.82) is 0 Å². The Morgan fingerprint density at radius 2 is 2.18 bits per heavy atom. The largest absolute Gasteiger partial charge is 0.452 e. The van der Waals surface area contributed by atoms with E-state index in [-0.39, 0.29) is 12.4 Å². The van der Waals surface area contributed by atoms with Gasteiger partial charge < -0.3 is 10.5 Å². The molecule has 0 saturated carbocycles. The van der Waals surface area contributed by atoms with E-state index in [1.165, 1.54) is 7.11 Å². The molecule has 5 nitrogen and oxygen atoms in total. The summed E-state index contributed by atoms with van der Waals surface area (Å²) < 4.78 is 4.32. The van der Waals surface area contributed by atoms with E-state index >= 15 is 0 Å². The van der Waals surface area contributed by atoms with Crippen molar-refractivity contribution in [3.05, 3.63) is 0 Å². The van der Waals surface area contributed by atoms with Crippen LogP contribution in [0.25, 0.3) is 0 Å². The number of methoxy groups -OCH3 is 1. The van der Waals surface area contributed by atoms with E-state index < -0.39 is 12.3 Å². The molecule has 0 fully saturated rings. The highest BCUT2D eigenvalue weighted by Crippen LogP contribution is 1.92. The highest BCUT2D eigenvalue weighted by atomic mass is 35.5. The Balaban J connectivity index is 0. The second-order valence-electron chi connectivity index (χ2n) is 1.85. The van der Waals surface area contributed by atoms with E-state index in [1.807, 2.05) is 6.92 Å². The molecular formula is C5H14ClN3O2. The lowest BCUT2D eigenvalue weighted by Gasteiger charge is -2.20. The van der Waals surface area contributed by atoms with Crippen LogP contribution in [-0.4, -0.2) is 24.4 Å². The number of nitrogens with two attached hydrogens (primary N) is 2. The lowest BCUT2D eigenvalue weighted by Crippen LogP contribution is -2.49. The Labute approximate surface area is 72.0 Å². The predicted octanol–water partition coefficient (Wildman–Crippen LogP) is 0.0451. The summed E-state index contributed by atoms with van der Waals surface area (Å²) in [4.78, 5) is 10.6. The Morgan fingerprint density at radius 3 is 2.45 bits per heavy atom. The van der Waals surface area contributed by atoms with E-state index in [0.29, 0.717) is 6.42 Å². The number of rotatable bonds is 2. The molecule has 0 aliphatic heterocycles. The zero-order valence-corrected chi connectivity index (χ0v) is 7.43. The van der Waals surface area contributed by atoms with Crippen LogP contribution in [0.2, 0.25) is 0 Å². The zero-order chi connectivity index (χ0) is 8.15. The lowest BCUT2D eigenvalue weighted by molar-refractivity contribution is 0.105. The molecule has 68 valence electrons. The summed E-state index contributed by atoms with van der Waals surface area (Å²) in [5.41, 5.74) is 5.39. The van der Waals surface area contributed by atoms with Gasteiger partial charge in [0.25, 0.3) is 0 Å². The van der Waals surface area contributed by atoms with E-state index in [4.69, 9.17) is 11.6 Å². The molecule has 0 aromatic heterocycles. The highest BCUT2D eigenvalue weighted by Gasteiger charge is 2.14. The molecule has 0 heterocycles. The first-order valence-corrected chi connectivity index (χ1v) is 3.01. The van der Waals surface area contributed by atoms with E-state index in [0.717, 1.165) is 5.01 Å². The Morgan fingerprint density at radius 1 is 1.73 bits per heavy atom. The average Bonchev–Trinajstić information content (AvgIpc) is 2.00. The maximum atomic E-state index is 10.6. The molecule has 1 amide bonds. The molecule has 6 heteroatoms. The van der Waals surface area contributed by atoms with Crippen molar-refractivity contribution in [2.24, 2.45) is 11.6 Å². The molecule has 4 N–H and O–H groups in total. The molecule has 0 spiro atoms. The first-order chi connectivity index (χ1) is 4.63. The normalized spacial score (nSPS) is 11.3. The van der Waals surface area contributed by atoms with E-state index in [2.05, 4.69) is 4.74 Å². The Bertz CT molecular complexity index is 122. The van der Waals surface area contributed by atoms with Gasteiger partial charge in [-0.05, 0) is 6.42 Å². The summed E-state index contributed by atoms with van der Waals surface area (Å²) in [6.45, 7) is 1.83. The molecule has 0 aliphatic carbocycles. The number of nitrogens with zero attached hydrogens (tertiary/aromatic N) is 1. The fourth-order valence-corrected chi connectivity index (χ4v) is 0.437. The van der Waals surface area contributed by atoms with Gasteiger partial charge in [0, 0.05) is 0 Å². The van der Waals surface area contributed by atoms with Crippen molar-refractivity contribution in [3.63, 3.8) is 0 Å². The van der Waals surface area contributed by atoms with Crippen molar-refractivity contribution in [1.82, 2.24) is 5.01 Å². The summed E-state index contributed by atoms with van der Waals surface area (Å²) in [5, 5.41) is 0.861. The minimum atomic E-state index is -0.616. The molecule has 0 radical (unpaired) electrons. The van der Waals surface area contributed by atoms with Gasteiger partial charge in [-0.25, -0.2) is 15.6 Å². The summed E-state index contributed by atoms with van der Waals surface area (Å²) in [6.07, 6.45) is -0.479. The van der Waals surface area contributed by atoms with Crippen molar-refractivity contribution >= 4 is 18.5 Å². The quantitative estimate of drug-likeness (QED) is 0.274. The van der Waals surface area contributed by atoms with Crippen LogP contribution >= 0.6 is 12.4 Å². The molecule has 0 bridgehead atoms. The zero-order valence-electron chi connectivity index (χ0n) is 6.61. The molecule has 0 aromatic carbocycles. The number of ether oxygens (including phenoxy) is 1. The van der Waals surface area contributed by atoms with Crippen LogP contribution in [0.4, 0.5) is 4.79 Å². The monoisotopic (exact) mass is 183 g/mol. The predicted molar refractivity (Wildman–Crippen MR) is 43.9 cm³/mol. The molecule has 0 rings (SSSR count). The van der Waals surface area contributed by atoms with E-state index in [9.17, 15) is 4.79 Å². The minimum Gasteiger partial charge on any atom is -0.452 e. The third-order valence-corrected chi connectivity index (χ3v) is 1.16.